The summed E-state index contributed by atoms with van der Waals surface area (Å²) in [7, 11) is 1.98. The number of hydrogen-bond acceptors (Lipinski definition) is 2. The number of carbonyl (C=O) groups excluding carboxylic acids is 1. The smallest absolute Gasteiger partial charge is 0.250 e. The summed E-state index contributed by atoms with van der Waals surface area (Å²) in [6.07, 6.45) is 0. The van der Waals surface area contributed by atoms with Crippen molar-refractivity contribution in [2.24, 2.45) is 0 Å². The Morgan fingerprint density at radius 1 is 1.33 bits per heavy atom. The maximum atomic E-state index is 11.4. The minimum absolute atomic E-state index is 0.0376. The lowest BCUT2D eigenvalue weighted by atomic mass is 10.1. The molecule has 1 N–H and O–H groups in total. The summed E-state index contributed by atoms with van der Waals surface area (Å²) in [4.78, 5) is 13.4. The summed E-state index contributed by atoms with van der Waals surface area (Å²) in [6.45, 7) is 7.79. The first-order valence-corrected chi connectivity index (χ1v) is 4.10. The van der Waals surface area contributed by atoms with Gasteiger partial charge in [0.2, 0.25) is 5.91 Å². The Kier molecular flexibility index (Phi) is 1.90. The fourth-order valence-electron chi connectivity index (χ4n) is 1.29. The van der Waals surface area contributed by atoms with Gasteiger partial charge in [-0.25, -0.2) is 0 Å². The number of allylic oxidation sites excluding steroid dienone is 1. The molecule has 1 aliphatic rings. The van der Waals surface area contributed by atoms with Gasteiger partial charge in [0.25, 0.3) is 0 Å². The zero-order valence-corrected chi connectivity index (χ0v) is 8.36. The quantitative estimate of drug-likeness (QED) is 0.587. The first-order chi connectivity index (χ1) is 5.36. The van der Waals surface area contributed by atoms with Crippen molar-refractivity contribution in [1.29, 1.82) is 0 Å². The zero-order chi connectivity index (χ0) is 9.52. The SMILES string of the molecule is CC1=C(C)N(C)C(C)(C)NC1=O. The largest absolute Gasteiger partial charge is 0.356 e. The van der Waals surface area contributed by atoms with E-state index in [4.69, 9.17) is 0 Å². The van der Waals surface area contributed by atoms with Crippen molar-refractivity contribution in [1.82, 2.24) is 10.2 Å². The fourth-order valence-corrected chi connectivity index (χ4v) is 1.29. The van der Waals surface area contributed by atoms with Gasteiger partial charge in [0.05, 0.1) is 0 Å². The van der Waals surface area contributed by atoms with Crippen LogP contribution in [-0.2, 0) is 4.79 Å². The molecular weight excluding hydrogens is 152 g/mol. The molecular formula is C9H16N2O. The summed E-state index contributed by atoms with van der Waals surface area (Å²) in [5.74, 6) is 0.0376. The van der Waals surface area contributed by atoms with Crippen molar-refractivity contribution < 1.29 is 4.79 Å². The van der Waals surface area contributed by atoms with E-state index in [9.17, 15) is 4.79 Å². The molecule has 0 radical (unpaired) electrons. The molecule has 0 unspecified atom stereocenters. The summed E-state index contributed by atoms with van der Waals surface area (Å²) in [6, 6.07) is 0. The van der Waals surface area contributed by atoms with Gasteiger partial charge >= 0.3 is 0 Å². The van der Waals surface area contributed by atoms with Crippen LogP contribution in [0.1, 0.15) is 27.7 Å². The first-order valence-electron chi connectivity index (χ1n) is 4.10. The number of nitrogens with zero attached hydrogens (tertiary/aromatic N) is 1. The van der Waals surface area contributed by atoms with Crippen molar-refractivity contribution in [2.75, 3.05) is 7.05 Å². The van der Waals surface area contributed by atoms with Crippen molar-refractivity contribution in [3.63, 3.8) is 0 Å². The molecule has 0 aliphatic carbocycles. The molecule has 1 amide bonds. The van der Waals surface area contributed by atoms with E-state index in [1.807, 2.05) is 34.7 Å². The molecule has 0 aromatic carbocycles. The van der Waals surface area contributed by atoms with E-state index in [-0.39, 0.29) is 11.6 Å². The number of amides is 1. The lowest BCUT2D eigenvalue weighted by molar-refractivity contribution is -0.122. The topological polar surface area (TPSA) is 32.3 Å². The molecule has 0 atom stereocenters. The van der Waals surface area contributed by atoms with Gasteiger partial charge in [0, 0.05) is 18.3 Å². The molecule has 0 aromatic rings. The third-order valence-electron chi connectivity index (χ3n) is 2.64. The molecule has 0 fully saturated rings. The van der Waals surface area contributed by atoms with Gasteiger partial charge in [-0.15, -0.1) is 0 Å². The Balaban J connectivity index is 3.10. The van der Waals surface area contributed by atoms with Gasteiger partial charge < -0.3 is 10.2 Å². The number of carbonyl (C=O) groups is 1. The van der Waals surface area contributed by atoms with Crippen LogP contribution < -0.4 is 5.32 Å². The summed E-state index contributed by atoms with van der Waals surface area (Å²) in [5, 5.41) is 2.91. The normalized spacial score (nSPS) is 22.8. The van der Waals surface area contributed by atoms with Gasteiger partial charge in [-0.2, -0.15) is 0 Å². The second-order valence-corrected chi connectivity index (χ2v) is 3.78. The van der Waals surface area contributed by atoms with Crippen molar-refractivity contribution in [2.45, 2.75) is 33.4 Å². The Bertz CT molecular complexity index is 253. The van der Waals surface area contributed by atoms with E-state index >= 15 is 0 Å². The maximum Gasteiger partial charge on any atom is 0.250 e. The Morgan fingerprint density at radius 3 is 2.33 bits per heavy atom. The van der Waals surface area contributed by atoms with Gasteiger partial charge in [-0.05, 0) is 27.7 Å². The van der Waals surface area contributed by atoms with Crippen molar-refractivity contribution in [3.05, 3.63) is 11.3 Å². The van der Waals surface area contributed by atoms with Crippen LogP contribution in [0.15, 0.2) is 11.3 Å². The van der Waals surface area contributed by atoms with Crippen LogP contribution in [0.4, 0.5) is 0 Å². The molecule has 0 bridgehead atoms. The molecule has 12 heavy (non-hydrogen) atoms. The summed E-state index contributed by atoms with van der Waals surface area (Å²) in [5.41, 5.74) is 1.58. The molecule has 3 heteroatoms. The average molecular weight is 168 g/mol. The van der Waals surface area contributed by atoms with Gasteiger partial charge in [0.15, 0.2) is 0 Å². The third-order valence-corrected chi connectivity index (χ3v) is 2.64. The number of hydrogen-bond donors (Lipinski definition) is 1. The standard InChI is InChI=1S/C9H16N2O/c1-6-7(2)11(5)9(3,4)10-8(6)12/h1-5H3,(H,10,12). The molecule has 0 spiro atoms. The van der Waals surface area contributed by atoms with E-state index < -0.39 is 0 Å². The number of nitrogens with one attached hydrogen (secondary N) is 1. The third kappa shape index (κ3) is 1.19. The molecule has 0 aromatic heterocycles. The Morgan fingerprint density at radius 2 is 1.83 bits per heavy atom. The predicted molar refractivity (Wildman–Crippen MR) is 48.4 cm³/mol. The van der Waals surface area contributed by atoms with Crippen molar-refractivity contribution >= 4 is 5.91 Å². The first kappa shape index (κ1) is 9.10. The van der Waals surface area contributed by atoms with Crippen LogP contribution in [0.2, 0.25) is 0 Å². The molecule has 3 nitrogen and oxygen atoms in total. The predicted octanol–water partition coefficient (Wildman–Crippen LogP) is 1.08. The zero-order valence-electron chi connectivity index (χ0n) is 8.36. The van der Waals surface area contributed by atoms with Crippen LogP contribution in [-0.4, -0.2) is 23.5 Å². The molecule has 1 aliphatic heterocycles. The van der Waals surface area contributed by atoms with E-state index in [1.54, 1.807) is 0 Å². The van der Waals surface area contributed by atoms with E-state index in [0.29, 0.717) is 0 Å². The molecule has 1 rings (SSSR count). The lowest BCUT2D eigenvalue weighted by Crippen LogP contribution is -2.58. The monoisotopic (exact) mass is 168 g/mol. The second kappa shape index (κ2) is 2.51. The fraction of sp³-hybridized carbons (Fsp3) is 0.667. The van der Waals surface area contributed by atoms with Crippen molar-refractivity contribution in [3.8, 4) is 0 Å². The van der Waals surface area contributed by atoms with Crippen LogP contribution in [0.5, 0.6) is 0 Å². The highest BCUT2D eigenvalue weighted by Crippen LogP contribution is 2.22. The number of rotatable bonds is 0. The highest BCUT2D eigenvalue weighted by atomic mass is 16.2. The molecule has 0 saturated heterocycles. The Labute approximate surface area is 73.4 Å². The highest BCUT2D eigenvalue weighted by molar-refractivity contribution is 5.94. The molecule has 0 saturated carbocycles. The van der Waals surface area contributed by atoms with Gasteiger partial charge in [-0.1, -0.05) is 0 Å². The van der Waals surface area contributed by atoms with Gasteiger partial charge in [-0.3, -0.25) is 4.79 Å². The van der Waals surface area contributed by atoms with Crippen LogP contribution in [0, 0.1) is 0 Å². The molecule has 68 valence electrons. The lowest BCUT2D eigenvalue weighted by Gasteiger charge is -2.42. The highest BCUT2D eigenvalue weighted by Gasteiger charge is 2.32. The van der Waals surface area contributed by atoms with Crippen LogP contribution >= 0.6 is 0 Å². The minimum atomic E-state index is -0.263. The molecule has 1 heterocycles. The van der Waals surface area contributed by atoms with Gasteiger partial charge in [0.1, 0.15) is 5.66 Å². The summed E-state index contributed by atoms with van der Waals surface area (Å²) >= 11 is 0. The maximum absolute atomic E-state index is 11.4. The summed E-state index contributed by atoms with van der Waals surface area (Å²) < 4.78 is 0. The van der Waals surface area contributed by atoms with E-state index in [1.165, 1.54) is 0 Å². The van der Waals surface area contributed by atoms with E-state index in [0.717, 1.165) is 11.3 Å². The van der Waals surface area contributed by atoms with Crippen LogP contribution in [0.25, 0.3) is 0 Å². The Hall–Kier alpha value is -0.990. The van der Waals surface area contributed by atoms with E-state index in [2.05, 4.69) is 10.2 Å². The second-order valence-electron chi connectivity index (χ2n) is 3.78. The average Bonchev–Trinajstić information content (AvgIpc) is 1.97. The van der Waals surface area contributed by atoms with Crippen LogP contribution in [0.3, 0.4) is 0 Å². The minimum Gasteiger partial charge on any atom is -0.356 e.